The van der Waals surface area contributed by atoms with E-state index in [1.165, 1.54) is 0 Å². The first kappa shape index (κ1) is 15.2. The minimum atomic E-state index is 0.0342. The second-order valence-corrected chi connectivity index (χ2v) is 4.51. The summed E-state index contributed by atoms with van der Waals surface area (Å²) in [7, 11) is 3.48. The van der Waals surface area contributed by atoms with E-state index >= 15 is 0 Å². The number of amides is 1. The number of aromatic nitrogens is 2. The zero-order valence-electron chi connectivity index (χ0n) is 12.0. The van der Waals surface area contributed by atoms with E-state index in [1.54, 1.807) is 32.0 Å². The van der Waals surface area contributed by atoms with Gasteiger partial charge in [0.15, 0.2) is 0 Å². The van der Waals surface area contributed by atoms with Crippen LogP contribution in [-0.4, -0.2) is 48.0 Å². The van der Waals surface area contributed by atoms with Gasteiger partial charge in [-0.2, -0.15) is 0 Å². The summed E-state index contributed by atoms with van der Waals surface area (Å²) >= 11 is 0. The number of hydrogen-bond acceptors (Lipinski definition) is 6. The number of hydrazine groups is 1. The quantitative estimate of drug-likeness (QED) is 0.571. The molecule has 3 N–H and O–H groups in total. The zero-order valence-corrected chi connectivity index (χ0v) is 12.0. The van der Waals surface area contributed by atoms with Crippen molar-refractivity contribution in [3.63, 3.8) is 0 Å². The largest absolute Gasteiger partial charge is 0.347 e. The van der Waals surface area contributed by atoms with Gasteiger partial charge in [0.1, 0.15) is 17.5 Å². The van der Waals surface area contributed by atoms with E-state index in [-0.39, 0.29) is 5.91 Å². The first-order valence-electron chi connectivity index (χ1n) is 6.25. The smallest absolute Gasteiger partial charge is 0.241 e. The van der Waals surface area contributed by atoms with Crippen LogP contribution in [0.5, 0.6) is 0 Å². The van der Waals surface area contributed by atoms with Crippen molar-refractivity contribution in [2.75, 3.05) is 37.5 Å². The number of likely N-dealkylation sites (N-methyl/N-ethyl adjacent to an activating group) is 1. The number of nitrogens with one attached hydrogen (secondary N) is 1. The average molecular weight is 266 g/mol. The highest BCUT2D eigenvalue weighted by atomic mass is 16.2. The molecule has 1 heterocycles. The fourth-order valence-electron chi connectivity index (χ4n) is 1.64. The molecule has 0 spiro atoms. The molecule has 0 atom stereocenters. The third-order valence-corrected chi connectivity index (χ3v) is 2.61. The van der Waals surface area contributed by atoms with Crippen molar-refractivity contribution < 1.29 is 4.79 Å². The van der Waals surface area contributed by atoms with Crippen molar-refractivity contribution in [3.05, 3.63) is 11.9 Å². The molecular formula is C12H22N6O. The van der Waals surface area contributed by atoms with Gasteiger partial charge in [-0.15, -0.1) is 0 Å². The monoisotopic (exact) mass is 266 g/mol. The highest BCUT2D eigenvalue weighted by molar-refractivity contribution is 5.80. The second-order valence-electron chi connectivity index (χ2n) is 4.51. The third-order valence-electron chi connectivity index (χ3n) is 2.61. The van der Waals surface area contributed by atoms with Gasteiger partial charge in [0, 0.05) is 26.7 Å². The average Bonchev–Trinajstić information content (AvgIpc) is 2.37. The highest BCUT2D eigenvalue weighted by Crippen LogP contribution is 2.15. The van der Waals surface area contributed by atoms with E-state index in [9.17, 15) is 4.79 Å². The molecule has 7 heteroatoms. The minimum absolute atomic E-state index is 0.0342. The Morgan fingerprint density at radius 3 is 2.63 bits per heavy atom. The summed E-state index contributed by atoms with van der Waals surface area (Å²) in [5.74, 6) is 7.27. The summed E-state index contributed by atoms with van der Waals surface area (Å²) in [6.45, 7) is 4.90. The molecule has 0 fully saturated rings. The van der Waals surface area contributed by atoms with E-state index in [2.05, 4.69) is 22.3 Å². The van der Waals surface area contributed by atoms with Crippen LogP contribution in [0.15, 0.2) is 6.07 Å². The lowest BCUT2D eigenvalue weighted by molar-refractivity contribution is -0.127. The van der Waals surface area contributed by atoms with Crippen LogP contribution in [0.25, 0.3) is 0 Å². The molecule has 0 saturated heterocycles. The predicted molar refractivity (Wildman–Crippen MR) is 75.8 cm³/mol. The Morgan fingerprint density at radius 1 is 1.42 bits per heavy atom. The lowest BCUT2D eigenvalue weighted by Crippen LogP contribution is -2.37. The molecule has 7 nitrogen and oxygen atoms in total. The van der Waals surface area contributed by atoms with Gasteiger partial charge in [-0.1, -0.05) is 6.92 Å². The van der Waals surface area contributed by atoms with Gasteiger partial charge in [0.05, 0.1) is 6.54 Å². The van der Waals surface area contributed by atoms with Crippen molar-refractivity contribution in [3.8, 4) is 0 Å². The van der Waals surface area contributed by atoms with Gasteiger partial charge in [-0.05, 0) is 13.3 Å². The summed E-state index contributed by atoms with van der Waals surface area (Å²) in [4.78, 5) is 23.8. The molecule has 1 aromatic rings. The van der Waals surface area contributed by atoms with Crippen LogP contribution < -0.4 is 16.2 Å². The van der Waals surface area contributed by atoms with Crippen molar-refractivity contribution in [1.82, 2.24) is 14.9 Å². The van der Waals surface area contributed by atoms with Crippen LogP contribution >= 0.6 is 0 Å². The van der Waals surface area contributed by atoms with E-state index in [0.29, 0.717) is 24.0 Å². The number of nitrogen functional groups attached to an aromatic ring is 1. The molecule has 106 valence electrons. The Labute approximate surface area is 113 Å². The normalized spacial score (nSPS) is 10.2. The first-order chi connectivity index (χ1) is 8.97. The first-order valence-corrected chi connectivity index (χ1v) is 6.25. The fourth-order valence-corrected chi connectivity index (χ4v) is 1.64. The van der Waals surface area contributed by atoms with E-state index in [1.807, 2.05) is 4.90 Å². The summed E-state index contributed by atoms with van der Waals surface area (Å²) < 4.78 is 0. The molecule has 0 bridgehead atoms. The zero-order chi connectivity index (χ0) is 14.4. The summed E-state index contributed by atoms with van der Waals surface area (Å²) in [6.07, 6.45) is 0.926. The van der Waals surface area contributed by atoms with E-state index in [0.717, 1.165) is 13.0 Å². The molecule has 1 rings (SSSR count). The number of nitrogens with zero attached hydrogens (tertiary/aromatic N) is 4. The number of rotatable bonds is 6. The van der Waals surface area contributed by atoms with Gasteiger partial charge in [-0.25, -0.2) is 15.8 Å². The topological polar surface area (TPSA) is 87.4 Å². The van der Waals surface area contributed by atoms with Crippen LogP contribution in [-0.2, 0) is 4.79 Å². The van der Waals surface area contributed by atoms with Crippen molar-refractivity contribution in [2.24, 2.45) is 5.84 Å². The Balaban J connectivity index is 2.97. The van der Waals surface area contributed by atoms with Gasteiger partial charge >= 0.3 is 0 Å². The molecule has 0 aliphatic heterocycles. The Bertz CT molecular complexity index is 434. The van der Waals surface area contributed by atoms with Crippen LogP contribution in [0, 0.1) is 6.92 Å². The predicted octanol–water partition coefficient (Wildman–Crippen LogP) is 0.375. The molecule has 0 saturated carbocycles. The number of carbonyl (C=O) groups is 1. The number of anilines is 2. The SMILES string of the molecule is CCCN(CC(=O)N(C)C)c1cc(NN)nc(C)n1. The maximum Gasteiger partial charge on any atom is 0.241 e. The maximum atomic E-state index is 11.8. The lowest BCUT2D eigenvalue weighted by atomic mass is 10.3. The minimum Gasteiger partial charge on any atom is -0.347 e. The number of aryl methyl sites for hydroxylation is 1. The molecule has 0 aromatic carbocycles. The van der Waals surface area contributed by atoms with Crippen LogP contribution in [0.2, 0.25) is 0 Å². The standard InChI is InChI=1S/C12H22N6O/c1-5-6-18(8-12(19)17(3)4)11-7-10(16-13)14-9(2)15-11/h7H,5-6,8,13H2,1-4H3,(H,14,15,16). The summed E-state index contributed by atoms with van der Waals surface area (Å²) in [5, 5.41) is 0. The fraction of sp³-hybridized carbons (Fsp3) is 0.583. The second kappa shape index (κ2) is 6.89. The molecule has 0 aliphatic carbocycles. The Kier molecular flexibility index (Phi) is 5.50. The number of carbonyl (C=O) groups excluding carboxylic acids is 1. The van der Waals surface area contributed by atoms with Crippen molar-refractivity contribution in [2.45, 2.75) is 20.3 Å². The van der Waals surface area contributed by atoms with Gasteiger partial charge < -0.3 is 15.2 Å². The third kappa shape index (κ3) is 4.36. The number of hydrogen-bond donors (Lipinski definition) is 2. The number of nitrogens with two attached hydrogens (primary N) is 1. The molecule has 19 heavy (non-hydrogen) atoms. The molecule has 1 aromatic heterocycles. The van der Waals surface area contributed by atoms with E-state index in [4.69, 9.17) is 5.84 Å². The lowest BCUT2D eigenvalue weighted by Gasteiger charge is -2.24. The van der Waals surface area contributed by atoms with Gasteiger partial charge in [0.2, 0.25) is 5.91 Å². The van der Waals surface area contributed by atoms with E-state index < -0.39 is 0 Å². The van der Waals surface area contributed by atoms with Crippen LogP contribution in [0.1, 0.15) is 19.2 Å². The maximum absolute atomic E-state index is 11.8. The molecular weight excluding hydrogens is 244 g/mol. The molecule has 0 unspecified atom stereocenters. The van der Waals surface area contributed by atoms with Crippen LogP contribution in [0.3, 0.4) is 0 Å². The summed E-state index contributed by atoms with van der Waals surface area (Å²) in [6, 6.07) is 1.74. The van der Waals surface area contributed by atoms with Crippen molar-refractivity contribution in [1.29, 1.82) is 0 Å². The highest BCUT2D eigenvalue weighted by Gasteiger charge is 2.14. The Morgan fingerprint density at radius 2 is 2.11 bits per heavy atom. The summed E-state index contributed by atoms with van der Waals surface area (Å²) in [5.41, 5.74) is 2.51. The van der Waals surface area contributed by atoms with Gasteiger partial charge in [0.25, 0.3) is 0 Å². The van der Waals surface area contributed by atoms with Crippen LogP contribution in [0.4, 0.5) is 11.6 Å². The molecule has 0 aliphatic rings. The Hall–Kier alpha value is -1.89. The van der Waals surface area contributed by atoms with Crippen molar-refractivity contribution >= 4 is 17.5 Å². The molecule has 1 amide bonds. The molecule has 0 radical (unpaired) electrons. The van der Waals surface area contributed by atoms with Gasteiger partial charge in [-0.3, -0.25) is 4.79 Å².